The molecule has 4 heteroatoms. The van der Waals surface area contributed by atoms with Crippen LogP contribution >= 0.6 is 27.7 Å². The Labute approximate surface area is 89.0 Å². The molecule has 0 radical (unpaired) electrons. The van der Waals surface area contributed by atoms with Crippen LogP contribution in [0.3, 0.4) is 0 Å². The number of hydrogen-bond donors (Lipinski definition) is 1. The summed E-state index contributed by atoms with van der Waals surface area (Å²) >= 11 is 4.95. The lowest BCUT2D eigenvalue weighted by Gasteiger charge is -2.22. The van der Waals surface area contributed by atoms with E-state index in [4.69, 9.17) is 5.73 Å². The van der Waals surface area contributed by atoms with Crippen LogP contribution in [-0.4, -0.2) is 5.75 Å². The highest BCUT2D eigenvalue weighted by atomic mass is 79.9. The first kappa shape index (κ1) is 9.49. The van der Waals surface area contributed by atoms with Gasteiger partial charge in [-0.05, 0) is 17.7 Å². The Bertz CT molecular complexity index is 343. The van der Waals surface area contributed by atoms with Crippen molar-refractivity contribution in [3.05, 3.63) is 33.5 Å². The van der Waals surface area contributed by atoms with Gasteiger partial charge in [0.15, 0.2) is 0 Å². The van der Waals surface area contributed by atoms with E-state index in [1.54, 1.807) is 11.8 Å². The predicted molar refractivity (Wildman–Crippen MR) is 57.2 cm³/mol. The van der Waals surface area contributed by atoms with Crippen molar-refractivity contribution in [1.29, 1.82) is 0 Å². The quantitative estimate of drug-likeness (QED) is 0.778. The van der Waals surface area contributed by atoms with Crippen LogP contribution in [0.1, 0.15) is 17.2 Å². The fourth-order valence-corrected chi connectivity index (χ4v) is 2.99. The monoisotopic (exact) mass is 261 g/mol. The number of fused-ring (bicyclic) bond motifs is 1. The Balaban J connectivity index is 2.56. The van der Waals surface area contributed by atoms with Gasteiger partial charge in [0.2, 0.25) is 0 Å². The van der Waals surface area contributed by atoms with Crippen molar-refractivity contribution in [3.63, 3.8) is 0 Å². The highest BCUT2D eigenvalue weighted by Crippen LogP contribution is 2.33. The standard InChI is InChI=1S/C9H9BrFNS/c10-5-1-6-7(8(11)2-5)3-13-4-9(6)12/h1-2,9H,3-4,12H2. The molecule has 1 unspecified atom stereocenters. The molecule has 1 aromatic carbocycles. The fourth-order valence-electron chi connectivity index (χ4n) is 1.48. The summed E-state index contributed by atoms with van der Waals surface area (Å²) in [5.41, 5.74) is 7.60. The molecule has 13 heavy (non-hydrogen) atoms. The van der Waals surface area contributed by atoms with Crippen LogP contribution in [0.15, 0.2) is 16.6 Å². The number of thioether (sulfide) groups is 1. The van der Waals surface area contributed by atoms with Gasteiger partial charge in [0.25, 0.3) is 0 Å². The van der Waals surface area contributed by atoms with E-state index >= 15 is 0 Å². The summed E-state index contributed by atoms with van der Waals surface area (Å²) in [6.07, 6.45) is 0. The van der Waals surface area contributed by atoms with Crippen LogP contribution in [0, 0.1) is 5.82 Å². The molecule has 0 bridgehead atoms. The van der Waals surface area contributed by atoms with E-state index in [1.807, 2.05) is 6.07 Å². The maximum atomic E-state index is 13.4. The number of nitrogens with two attached hydrogens (primary N) is 1. The van der Waals surface area contributed by atoms with E-state index in [9.17, 15) is 4.39 Å². The van der Waals surface area contributed by atoms with Gasteiger partial charge in [-0.3, -0.25) is 0 Å². The molecule has 0 amide bonds. The molecule has 0 spiro atoms. The summed E-state index contributed by atoms with van der Waals surface area (Å²) in [5.74, 6) is 1.47. The Morgan fingerprint density at radius 3 is 3.08 bits per heavy atom. The van der Waals surface area contributed by atoms with E-state index in [0.29, 0.717) is 0 Å². The summed E-state index contributed by atoms with van der Waals surface area (Å²) in [6, 6.07) is 3.39. The first-order valence-electron chi connectivity index (χ1n) is 3.99. The topological polar surface area (TPSA) is 26.0 Å². The van der Waals surface area contributed by atoms with E-state index in [1.165, 1.54) is 6.07 Å². The second-order valence-electron chi connectivity index (χ2n) is 3.08. The SMILES string of the molecule is NC1CSCc2c(F)cc(Br)cc21. The molecule has 0 aliphatic carbocycles. The van der Waals surface area contributed by atoms with Crippen LogP contribution < -0.4 is 5.73 Å². The average molecular weight is 262 g/mol. The molecule has 1 aliphatic rings. The minimum Gasteiger partial charge on any atom is -0.323 e. The Morgan fingerprint density at radius 2 is 2.31 bits per heavy atom. The number of rotatable bonds is 0. The van der Waals surface area contributed by atoms with Gasteiger partial charge in [-0.1, -0.05) is 15.9 Å². The molecule has 2 rings (SSSR count). The van der Waals surface area contributed by atoms with Crippen LogP contribution in [0.4, 0.5) is 4.39 Å². The van der Waals surface area contributed by atoms with E-state index in [2.05, 4.69) is 15.9 Å². The van der Waals surface area contributed by atoms with Gasteiger partial charge < -0.3 is 5.73 Å². The zero-order valence-electron chi connectivity index (χ0n) is 6.89. The summed E-state index contributed by atoms with van der Waals surface area (Å²) in [6.45, 7) is 0. The Kier molecular flexibility index (Phi) is 2.62. The molecular weight excluding hydrogens is 253 g/mol. The minimum absolute atomic E-state index is 0.0271. The molecule has 1 atom stereocenters. The molecule has 0 saturated carbocycles. The molecule has 0 aromatic heterocycles. The van der Waals surface area contributed by atoms with E-state index in [-0.39, 0.29) is 11.9 Å². The van der Waals surface area contributed by atoms with Crippen molar-refractivity contribution < 1.29 is 4.39 Å². The van der Waals surface area contributed by atoms with E-state index < -0.39 is 0 Å². The second-order valence-corrected chi connectivity index (χ2v) is 5.02. The molecule has 70 valence electrons. The van der Waals surface area contributed by atoms with Crippen molar-refractivity contribution in [2.45, 2.75) is 11.8 Å². The number of benzene rings is 1. The molecule has 1 heterocycles. The smallest absolute Gasteiger partial charge is 0.128 e. The van der Waals surface area contributed by atoms with Gasteiger partial charge in [-0.25, -0.2) is 4.39 Å². The molecule has 1 nitrogen and oxygen atoms in total. The second kappa shape index (κ2) is 3.59. The average Bonchev–Trinajstić information content (AvgIpc) is 2.07. The first-order valence-corrected chi connectivity index (χ1v) is 5.94. The summed E-state index contributed by atoms with van der Waals surface area (Å²) in [5, 5.41) is 0. The number of halogens is 2. The van der Waals surface area contributed by atoms with Crippen molar-refractivity contribution in [3.8, 4) is 0 Å². The summed E-state index contributed by atoms with van der Waals surface area (Å²) in [7, 11) is 0. The highest BCUT2D eigenvalue weighted by molar-refractivity contribution is 9.10. The zero-order valence-corrected chi connectivity index (χ0v) is 9.29. The summed E-state index contributed by atoms with van der Waals surface area (Å²) in [4.78, 5) is 0. The maximum Gasteiger partial charge on any atom is 0.128 e. The molecule has 1 aromatic rings. The molecule has 2 N–H and O–H groups in total. The summed E-state index contributed by atoms with van der Waals surface area (Å²) < 4.78 is 14.2. The molecular formula is C9H9BrFNS. The Hall–Kier alpha value is -0.0600. The molecule has 0 fully saturated rings. The van der Waals surface area contributed by atoms with Gasteiger partial charge in [-0.2, -0.15) is 11.8 Å². The third kappa shape index (κ3) is 1.75. The normalized spacial score (nSPS) is 21.3. The highest BCUT2D eigenvalue weighted by Gasteiger charge is 2.20. The van der Waals surface area contributed by atoms with Crippen molar-refractivity contribution in [1.82, 2.24) is 0 Å². The van der Waals surface area contributed by atoms with Crippen molar-refractivity contribution in [2.24, 2.45) is 5.73 Å². The van der Waals surface area contributed by atoms with Gasteiger partial charge in [0, 0.05) is 27.6 Å². The third-order valence-electron chi connectivity index (χ3n) is 2.14. The van der Waals surface area contributed by atoms with Gasteiger partial charge >= 0.3 is 0 Å². The molecule has 0 saturated heterocycles. The lowest BCUT2D eigenvalue weighted by atomic mass is 10.0. The lowest BCUT2D eigenvalue weighted by molar-refractivity contribution is 0.607. The van der Waals surface area contributed by atoms with Crippen molar-refractivity contribution >= 4 is 27.7 Å². The van der Waals surface area contributed by atoms with Crippen molar-refractivity contribution in [2.75, 3.05) is 5.75 Å². The zero-order chi connectivity index (χ0) is 9.42. The van der Waals surface area contributed by atoms with Crippen LogP contribution in [0.25, 0.3) is 0 Å². The minimum atomic E-state index is -0.146. The van der Waals surface area contributed by atoms with Crippen LogP contribution in [0.5, 0.6) is 0 Å². The first-order chi connectivity index (χ1) is 6.18. The van der Waals surface area contributed by atoms with Gasteiger partial charge in [0.05, 0.1) is 0 Å². The maximum absolute atomic E-state index is 13.4. The fraction of sp³-hybridized carbons (Fsp3) is 0.333. The number of hydrogen-bond acceptors (Lipinski definition) is 2. The molecule has 1 aliphatic heterocycles. The predicted octanol–water partition coefficient (Wildman–Crippen LogP) is 2.83. The van der Waals surface area contributed by atoms with Crippen LogP contribution in [0.2, 0.25) is 0 Å². The van der Waals surface area contributed by atoms with E-state index in [0.717, 1.165) is 27.1 Å². The lowest BCUT2D eigenvalue weighted by Crippen LogP contribution is -2.19. The van der Waals surface area contributed by atoms with Gasteiger partial charge in [0.1, 0.15) is 5.82 Å². The van der Waals surface area contributed by atoms with Crippen LogP contribution in [-0.2, 0) is 5.75 Å². The third-order valence-corrected chi connectivity index (χ3v) is 3.68. The Morgan fingerprint density at radius 1 is 1.54 bits per heavy atom. The van der Waals surface area contributed by atoms with Gasteiger partial charge in [-0.15, -0.1) is 0 Å². The largest absolute Gasteiger partial charge is 0.323 e.